The molecule has 36 heavy (non-hydrogen) atoms. The Hall–Kier alpha value is -3.02. The summed E-state index contributed by atoms with van der Waals surface area (Å²) in [6.45, 7) is 4.48. The number of hydrogen-bond donors (Lipinski definition) is 0. The van der Waals surface area contributed by atoms with Gasteiger partial charge in [-0.15, -0.1) is 11.3 Å². The van der Waals surface area contributed by atoms with Crippen molar-refractivity contribution in [3.8, 4) is 38.8 Å². The summed E-state index contributed by atoms with van der Waals surface area (Å²) in [6.07, 6.45) is 6.37. The molecule has 0 spiro atoms. The third kappa shape index (κ3) is 5.69. The van der Waals surface area contributed by atoms with Crippen molar-refractivity contribution in [2.24, 2.45) is 0 Å². The van der Waals surface area contributed by atoms with E-state index in [1.54, 1.807) is 25.6 Å². The monoisotopic (exact) mass is 501 g/mol. The van der Waals surface area contributed by atoms with Gasteiger partial charge in [-0.3, -0.25) is 0 Å². The molecule has 0 unspecified atom stereocenters. The van der Waals surface area contributed by atoms with Crippen LogP contribution in [0.2, 0.25) is 0 Å². The number of nitrogens with zero attached hydrogens (tertiary/aromatic N) is 1. The van der Waals surface area contributed by atoms with Gasteiger partial charge in [-0.2, -0.15) is 0 Å². The van der Waals surface area contributed by atoms with Gasteiger partial charge in [0.2, 0.25) is 0 Å². The first-order valence-corrected chi connectivity index (χ1v) is 13.8. The summed E-state index contributed by atoms with van der Waals surface area (Å²) < 4.78 is 18.3. The molecule has 1 aliphatic rings. The molecule has 1 aliphatic heterocycles. The second kappa shape index (κ2) is 11.8. The normalized spacial score (nSPS) is 14.2. The van der Waals surface area contributed by atoms with Crippen molar-refractivity contribution in [2.75, 3.05) is 40.5 Å². The van der Waals surface area contributed by atoms with E-state index < -0.39 is 0 Å². The number of methoxy groups -OCH3 is 2. The fourth-order valence-corrected chi connectivity index (χ4v) is 6.25. The lowest BCUT2D eigenvalue weighted by Crippen LogP contribution is -2.30. The van der Waals surface area contributed by atoms with Crippen LogP contribution in [0, 0.1) is 0 Å². The molecule has 4 nitrogen and oxygen atoms in total. The van der Waals surface area contributed by atoms with Gasteiger partial charge >= 0.3 is 0 Å². The topological polar surface area (TPSA) is 30.9 Å². The molecule has 3 aromatic carbocycles. The number of benzene rings is 3. The maximum absolute atomic E-state index is 6.21. The Morgan fingerprint density at radius 2 is 1.53 bits per heavy atom. The number of unbranched alkanes of at least 4 members (excludes halogenated alkanes) is 1. The SMILES string of the molecule is COc1ccc(-c2sc3cc(OC)ccc3c2-c2cccc(OCCCCN3CCCCC3)c2)cc1. The molecule has 1 aromatic heterocycles. The number of likely N-dealkylation sites (tertiary alicyclic amines) is 1. The van der Waals surface area contributed by atoms with E-state index in [2.05, 4.69) is 53.4 Å². The quantitative estimate of drug-likeness (QED) is 0.207. The number of hydrogen-bond acceptors (Lipinski definition) is 5. The van der Waals surface area contributed by atoms with Crippen molar-refractivity contribution in [1.82, 2.24) is 4.90 Å². The van der Waals surface area contributed by atoms with Crippen molar-refractivity contribution in [3.05, 3.63) is 66.7 Å². The van der Waals surface area contributed by atoms with Crippen molar-refractivity contribution < 1.29 is 14.2 Å². The van der Waals surface area contributed by atoms with Crippen molar-refractivity contribution >= 4 is 21.4 Å². The predicted molar refractivity (Wildman–Crippen MR) is 151 cm³/mol. The van der Waals surface area contributed by atoms with Crippen LogP contribution < -0.4 is 14.2 Å². The van der Waals surface area contributed by atoms with Crippen molar-refractivity contribution in [1.29, 1.82) is 0 Å². The summed E-state index contributed by atoms with van der Waals surface area (Å²) in [4.78, 5) is 3.83. The highest BCUT2D eigenvalue weighted by molar-refractivity contribution is 7.23. The Morgan fingerprint density at radius 1 is 0.750 bits per heavy atom. The van der Waals surface area contributed by atoms with Gasteiger partial charge in [0.05, 0.1) is 20.8 Å². The van der Waals surface area contributed by atoms with Crippen LogP contribution in [0.4, 0.5) is 0 Å². The average molecular weight is 502 g/mol. The molecule has 5 heteroatoms. The Kier molecular flexibility index (Phi) is 8.09. The number of fused-ring (bicyclic) bond motifs is 1. The van der Waals surface area contributed by atoms with Gasteiger partial charge in [-0.25, -0.2) is 0 Å². The van der Waals surface area contributed by atoms with E-state index in [1.807, 2.05) is 18.2 Å². The van der Waals surface area contributed by atoms with E-state index in [-0.39, 0.29) is 0 Å². The lowest BCUT2D eigenvalue weighted by molar-refractivity contribution is 0.216. The minimum Gasteiger partial charge on any atom is -0.497 e. The molecule has 2 heterocycles. The van der Waals surface area contributed by atoms with E-state index in [4.69, 9.17) is 14.2 Å². The number of piperidine rings is 1. The summed E-state index contributed by atoms with van der Waals surface area (Å²) in [5, 5.41) is 1.23. The summed E-state index contributed by atoms with van der Waals surface area (Å²) in [7, 11) is 3.42. The maximum Gasteiger partial charge on any atom is 0.120 e. The fraction of sp³-hybridized carbons (Fsp3) is 0.355. The molecule has 1 fully saturated rings. The largest absolute Gasteiger partial charge is 0.497 e. The second-order valence-corrected chi connectivity index (χ2v) is 10.4. The van der Waals surface area contributed by atoms with E-state index in [1.165, 1.54) is 77.0 Å². The molecule has 0 bridgehead atoms. The highest BCUT2D eigenvalue weighted by atomic mass is 32.1. The fourth-order valence-electron chi connectivity index (χ4n) is 4.99. The van der Waals surface area contributed by atoms with Crippen LogP contribution in [0.1, 0.15) is 32.1 Å². The molecular weight excluding hydrogens is 466 g/mol. The van der Waals surface area contributed by atoms with Crippen LogP contribution in [0.5, 0.6) is 17.2 Å². The van der Waals surface area contributed by atoms with Gasteiger partial charge in [-0.05, 0) is 111 Å². The molecule has 5 rings (SSSR count). The number of thiophene rings is 1. The molecule has 1 saturated heterocycles. The second-order valence-electron chi connectivity index (χ2n) is 9.38. The third-order valence-electron chi connectivity index (χ3n) is 6.96. The van der Waals surface area contributed by atoms with Crippen LogP contribution in [0.3, 0.4) is 0 Å². The van der Waals surface area contributed by atoms with Gasteiger partial charge < -0.3 is 19.1 Å². The highest BCUT2D eigenvalue weighted by Gasteiger charge is 2.17. The van der Waals surface area contributed by atoms with Crippen LogP contribution in [0.15, 0.2) is 66.7 Å². The smallest absolute Gasteiger partial charge is 0.120 e. The molecular formula is C31H35NO3S. The van der Waals surface area contributed by atoms with Crippen LogP contribution >= 0.6 is 11.3 Å². The Bertz CT molecular complexity index is 1270. The van der Waals surface area contributed by atoms with Crippen molar-refractivity contribution in [3.63, 3.8) is 0 Å². The Morgan fingerprint density at radius 3 is 2.31 bits per heavy atom. The zero-order chi connectivity index (χ0) is 24.7. The van der Waals surface area contributed by atoms with Gasteiger partial charge in [0.15, 0.2) is 0 Å². The van der Waals surface area contributed by atoms with E-state index >= 15 is 0 Å². The molecule has 0 amide bonds. The summed E-state index contributed by atoms with van der Waals surface area (Å²) in [5.74, 6) is 2.66. The number of rotatable bonds is 10. The van der Waals surface area contributed by atoms with Crippen LogP contribution in [0.25, 0.3) is 31.7 Å². The third-order valence-corrected chi connectivity index (χ3v) is 8.16. The maximum atomic E-state index is 6.21. The van der Waals surface area contributed by atoms with E-state index in [0.717, 1.165) is 30.3 Å². The van der Waals surface area contributed by atoms with E-state index in [0.29, 0.717) is 0 Å². The Labute approximate surface area is 218 Å². The molecule has 0 radical (unpaired) electrons. The predicted octanol–water partition coefficient (Wildman–Crippen LogP) is 7.90. The lowest BCUT2D eigenvalue weighted by Gasteiger charge is -2.26. The highest BCUT2D eigenvalue weighted by Crippen LogP contribution is 2.46. The number of ether oxygens (including phenoxy) is 3. The van der Waals surface area contributed by atoms with Gasteiger partial charge in [0.1, 0.15) is 17.2 Å². The molecule has 0 aliphatic carbocycles. The molecule has 0 N–H and O–H groups in total. The molecule has 0 atom stereocenters. The molecule has 188 valence electrons. The first kappa shape index (κ1) is 24.7. The Balaban J connectivity index is 1.37. The lowest BCUT2D eigenvalue weighted by atomic mass is 9.98. The van der Waals surface area contributed by atoms with Gasteiger partial charge in [-0.1, -0.05) is 18.6 Å². The molecule has 0 saturated carbocycles. The minimum absolute atomic E-state index is 0.754. The summed E-state index contributed by atoms with van der Waals surface area (Å²) in [6, 6.07) is 23.2. The zero-order valence-corrected chi connectivity index (χ0v) is 22.1. The first-order chi connectivity index (χ1) is 17.7. The van der Waals surface area contributed by atoms with Crippen LogP contribution in [-0.4, -0.2) is 45.4 Å². The average Bonchev–Trinajstić information content (AvgIpc) is 3.32. The van der Waals surface area contributed by atoms with Crippen molar-refractivity contribution in [2.45, 2.75) is 32.1 Å². The van der Waals surface area contributed by atoms with Crippen LogP contribution in [-0.2, 0) is 0 Å². The van der Waals surface area contributed by atoms with Gasteiger partial charge in [0, 0.05) is 20.5 Å². The van der Waals surface area contributed by atoms with Gasteiger partial charge in [0.25, 0.3) is 0 Å². The first-order valence-electron chi connectivity index (χ1n) is 13.0. The summed E-state index contributed by atoms with van der Waals surface area (Å²) in [5.41, 5.74) is 3.58. The zero-order valence-electron chi connectivity index (χ0n) is 21.3. The minimum atomic E-state index is 0.754. The molecule has 4 aromatic rings. The van der Waals surface area contributed by atoms with E-state index in [9.17, 15) is 0 Å². The standard InChI is InChI=1S/C31H35NO3S/c1-33-25-13-11-23(12-14-25)31-30(28-16-15-26(34-2)22-29(28)36-31)24-9-8-10-27(21-24)35-20-7-6-19-32-17-4-3-5-18-32/h8-16,21-22H,3-7,17-20H2,1-2H3. The summed E-state index contributed by atoms with van der Waals surface area (Å²) >= 11 is 1.79.